The van der Waals surface area contributed by atoms with E-state index in [0.717, 1.165) is 18.8 Å². The van der Waals surface area contributed by atoms with Crippen LogP contribution >= 0.6 is 0 Å². The van der Waals surface area contributed by atoms with Gasteiger partial charge in [0, 0.05) is 5.41 Å². The molecule has 0 aromatic heterocycles. The van der Waals surface area contributed by atoms with E-state index in [1.165, 1.54) is 12.8 Å². The summed E-state index contributed by atoms with van der Waals surface area (Å²) < 4.78 is 0. The summed E-state index contributed by atoms with van der Waals surface area (Å²) in [5, 5.41) is 10.1. The van der Waals surface area contributed by atoms with Crippen LogP contribution < -0.4 is 0 Å². The second kappa shape index (κ2) is 2.98. The van der Waals surface area contributed by atoms with Gasteiger partial charge in [-0.25, -0.2) is 0 Å². The monoisotopic (exact) mass is 178 g/mol. The minimum absolute atomic E-state index is 0.0943. The van der Waals surface area contributed by atoms with Crippen LogP contribution in [0, 0.1) is 17.3 Å². The zero-order valence-electron chi connectivity index (χ0n) is 8.08. The Morgan fingerprint density at radius 1 is 1.31 bits per heavy atom. The Hall–Kier alpha value is -0.560. The molecule has 0 heterocycles. The van der Waals surface area contributed by atoms with Crippen LogP contribution in [0.3, 0.4) is 0 Å². The molecule has 2 saturated carbocycles. The lowest BCUT2D eigenvalue weighted by atomic mass is 9.75. The number of allylic oxidation sites excluding steroid dienone is 2. The summed E-state index contributed by atoms with van der Waals surface area (Å²) in [6.07, 6.45) is 8.08. The Morgan fingerprint density at radius 2 is 1.92 bits per heavy atom. The third-order valence-electron chi connectivity index (χ3n) is 3.78. The third-order valence-corrected chi connectivity index (χ3v) is 3.78. The number of hydrogen-bond acceptors (Lipinski definition) is 1. The molecule has 2 rings (SSSR count). The average Bonchev–Trinajstić information content (AvgIpc) is 2.78. The van der Waals surface area contributed by atoms with Crippen LogP contribution in [0.5, 0.6) is 0 Å². The first-order valence-electron chi connectivity index (χ1n) is 5.13. The Balaban J connectivity index is 2.13. The molecule has 0 spiro atoms. The molecule has 0 amide bonds. The molecule has 2 aliphatic rings. The average molecular weight is 178 g/mol. The summed E-state index contributed by atoms with van der Waals surface area (Å²) in [7, 11) is 0. The van der Waals surface area contributed by atoms with E-state index in [1.807, 2.05) is 12.2 Å². The summed E-state index contributed by atoms with van der Waals surface area (Å²) in [6, 6.07) is 0. The summed E-state index contributed by atoms with van der Waals surface area (Å²) in [4.78, 5) is 0. The van der Waals surface area contributed by atoms with Gasteiger partial charge in [0.25, 0.3) is 0 Å². The first kappa shape index (κ1) is 9.01. The van der Waals surface area contributed by atoms with Crippen molar-refractivity contribution in [3.63, 3.8) is 0 Å². The Morgan fingerprint density at radius 3 is 2.31 bits per heavy atom. The zero-order valence-corrected chi connectivity index (χ0v) is 8.08. The number of aliphatic hydroxyl groups is 1. The van der Waals surface area contributed by atoms with Crippen molar-refractivity contribution in [2.75, 3.05) is 0 Å². The van der Waals surface area contributed by atoms with Gasteiger partial charge in [0.05, 0.1) is 6.10 Å². The van der Waals surface area contributed by atoms with Gasteiger partial charge in [-0.2, -0.15) is 0 Å². The molecule has 1 heteroatoms. The van der Waals surface area contributed by atoms with Gasteiger partial charge in [-0.1, -0.05) is 12.2 Å². The standard InChI is InChI=1S/C12H18O/c1-3-5-12(6-4-2)8-9-7-10(9)11(12)13/h3-4,9-11,13H,1-2,5-8H2/t9-,10-,11+/m1/s1. The minimum atomic E-state index is -0.103. The molecule has 2 fully saturated rings. The minimum Gasteiger partial charge on any atom is -0.392 e. The van der Waals surface area contributed by atoms with E-state index in [1.54, 1.807) is 0 Å². The molecule has 0 bridgehead atoms. The van der Waals surface area contributed by atoms with Gasteiger partial charge in [-0.15, -0.1) is 13.2 Å². The maximum Gasteiger partial charge on any atom is 0.0633 e. The number of hydrogen-bond donors (Lipinski definition) is 1. The fraction of sp³-hybridized carbons (Fsp3) is 0.667. The summed E-state index contributed by atoms with van der Waals surface area (Å²) in [6.45, 7) is 7.56. The zero-order chi connectivity index (χ0) is 9.47. The molecule has 3 atom stereocenters. The van der Waals surface area contributed by atoms with Gasteiger partial charge < -0.3 is 5.11 Å². The molecule has 13 heavy (non-hydrogen) atoms. The van der Waals surface area contributed by atoms with Crippen molar-refractivity contribution < 1.29 is 5.11 Å². The van der Waals surface area contributed by atoms with Crippen molar-refractivity contribution in [2.45, 2.75) is 31.8 Å². The van der Waals surface area contributed by atoms with Gasteiger partial charge in [0.15, 0.2) is 0 Å². The van der Waals surface area contributed by atoms with Gasteiger partial charge >= 0.3 is 0 Å². The molecule has 0 aromatic rings. The van der Waals surface area contributed by atoms with Crippen molar-refractivity contribution in [3.05, 3.63) is 25.3 Å². The number of fused-ring (bicyclic) bond motifs is 1. The van der Waals surface area contributed by atoms with Crippen molar-refractivity contribution in [1.82, 2.24) is 0 Å². The van der Waals surface area contributed by atoms with E-state index in [4.69, 9.17) is 0 Å². The maximum atomic E-state index is 10.1. The fourth-order valence-electron chi connectivity index (χ4n) is 3.06. The lowest BCUT2D eigenvalue weighted by Crippen LogP contribution is -2.32. The van der Waals surface area contributed by atoms with Crippen LogP contribution in [-0.4, -0.2) is 11.2 Å². The second-order valence-electron chi connectivity index (χ2n) is 4.66. The largest absolute Gasteiger partial charge is 0.392 e. The highest BCUT2D eigenvalue weighted by atomic mass is 16.3. The van der Waals surface area contributed by atoms with E-state index < -0.39 is 0 Å². The van der Waals surface area contributed by atoms with Crippen molar-refractivity contribution in [3.8, 4) is 0 Å². The number of rotatable bonds is 4. The van der Waals surface area contributed by atoms with Gasteiger partial charge in [-0.3, -0.25) is 0 Å². The first-order valence-corrected chi connectivity index (χ1v) is 5.13. The van der Waals surface area contributed by atoms with E-state index in [9.17, 15) is 5.11 Å². The van der Waals surface area contributed by atoms with E-state index >= 15 is 0 Å². The molecular weight excluding hydrogens is 160 g/mol. The Kier molecular flexibility index (Phi) is 2.07. The maximum absolute atomic E-state index is 10.1. The molecule has 0 unspecified atom stereocenters. The van der Waals surface area contributed by atoms with Crippen molar-refractivity contribution in [2.24, 2.45) is 17.3 Å². The predicted molar refractivity (Wildman–Crippen MR) is 54.3 cm³/mol. The highest BCUT2D eigenvalue weighted by Crippen LogP contribution is 2.62. The second-order valence-corrected chi connectivity index (χ2v) is 4.66. The van der Waals surface area contributed by atoms with Gasteiger partial charge in [-0.05, 0) is 37.5 Å². The third kappa shape index (κ3) is 1.26. The summed E-state index contributed by atoms with van der Waals surface area (Å²) in [5.74, 6) is 1.40. The van der Waals surface area contributed by atoms with E-state index in [2.05, 4.69) is 13.2 Å². The molecular formula is C12H18O. The summed E-state index contributed by atoms with van der Waals surface area (Å²) in [5.41, 5.74) is 0.0943. The first-order chi connectivity index (χ1) is 6.23. The van der Waals surface area contributed by atoms with Crippen molar-refractivity contribution in [1.29, 1.82) is 0 Å². The molecule has 0 aliphatic heterocycles. The van der Waals surface area contributed by atoms with Crippen LogP contribution in [0.15, 0.2) is 25.3 Å². The molecule has 0 saturated heterocycles. The van der Waals surface area contributed by atoms with Gasteiger partial charge in [0.2, 0.25) is 0 Å². The summed E-state index contributed by atoms with van der Waals surface area (Å²) >= 11 is 0. The normalized spacial score (nSPS) is 39.6. The van der Waals surface area contributed by atoms with Crippen LogP contribution in [0.2, 0.25) is 0 Å². The highest BCUT2D eigenvalue weighted by molar-refractivity contribution is 5.12. The fourth-order valence-corrected chi connectivity index (χ4v) is 3.06. The Labute approximate surface area is 80.2 Å². The van der Waals surface area contributed by atoms with Gasteiger partial charge in [0.1, 0.15) is 0 Å². The lowest BCUT2D eigenvalue weighted by molar-refractivity contribution is 0.0330. The quantitative estimate of drug-likeness (QED) is 0.656. The molecule has 1 N–H and O–H groups in total. The molecule has 1 nitrogen and oxygen atoms in total. The predicted octanol–water partition coefficient (Wildman–Crippen LogP) is 2.53. The molecule has 0 radical (unpaired) electrons. The van der Waals surface area contributed by atoms with Crippen LogP contribution in [0.4, 0.5) is 0 Å². The highest BCUT2D eigenvalue weighted by Gasteiger charge is 2.59. The molecule has 72 valence electrons. The van der Waals surface area contributed by atoms with Crippen LogP contribution in [0.25, 0.3) is 0 Å². The SMILES string of the molecule is C=CCC1(CC=C)C[C@H]2C[C@H]2[C@@H]1O. The van der Waals surface area contributed by atoms with E-state index in [-0.39, 0.29) is 11.5 Å². The molecule has 2 aliphatic carbocycles. The van der Waals surface area contributed by atoms with E-state index in [0.29, 0.717) is 5.92 Å². The van der Waals surface area contributed by atoms with Crippen molar-refractivity contribution >= 4 is 0 Å². The Bertz CT molecular complexity index is 221. The number of aliphatic hydroxyl groups excluding tert-OH is 1. The van der Waals surface area contributed by atoms with Crippen LogP contribution in [0.1, 0.15) is 25.7 Å². The lowest BCUT2D eigenvalue weighted by Gasteiger charge is -2.33. The topological polar surface area (TPSA) is 20.2 Å². The van der Waals surface area contributed by atoms with Crippen LogP contribution in [-0.2, 0) is 0 Å². The molecule has 0 aromatic carbocycles. The smallest absolute Gasteiger partial charge is 0.0633 e.